The van der Waals surface area contributed by atoms with E-state index >= 15 is 0 Å². The van der Waals surface area contributed by atoms with Gasteiger partial charge in [-0.1, -0.05) is 32.3 Å². The number of unbranched alkanes of at least 4 members (excludes halogenated alkanes) is 1. The van der Waals surface area contributed by atoms with Crippen LogP contribution in [0.1, 0.15) is 45.8 Å². The lowest BCUT2D eigenvalue weighted by atomic mass is 10.1. The Labute approximate surface area is 125 Å². The van der Waals surface area contributed by atoms with Crippen LogP contribution in [0.15, 0.2) is 10.6 Å². The zero-order valence-corrected chi connectivity index (χ0v) is 13.3. The molecule has 0 aromatic carbocycles. The summed E-state index contributed by atoms with van der Waals surface area (Å²) >= 11 is 0. The number of amides is 2. The number of nitrogens with zero attached hydrogens (tertiary/aromatic N) is 2. The molecule has 6 nitrogen and oxygen atoms in total. The average Bonchev–Trinajstić information content (AvgIpc) is 2.78. The Bertz CT molecular complexity index is 468. The van der Waals surface area contributed by atoms with Gasteiger partial charge in [-0.25, -0.2) is 0 Å². The highest BCUT2D eigenvalue weighted by atomic mass is 16.5. The molecule has 0 radical (unpaired) electrons. The van der Waals surface area contributed by atoms with Crippen molar-refractivity contribution in [2.24, 2.45) is 5.92 Å². The molecule has 0 aliphatic rings. The van der Waals surface area contributed by atoms with Gasteiger partial charge < -0.3 is 14.7 Å². The summed E-state index contributed by atoms with van der Waals surface area (Å²) < 4.78 is 4.89. The molecule has 2 amide bonds. The SMILES string of the molecule is CCCCN(CC(=O)Nc1cc(C)on1)C(=O)CC(C)C. The third-order valence-electron chi connectivity index (χ3n) is 2.95. The van der Waals surface area contributed by atoms with Gasteiger partial charge >= 0.3 is 0 Å². The molecule has 1 aromatic heterocycles. The molecule has 0 saturated carbocycles. The van der Waals surface area contributed by atoms with Crippen molar-refractivity contribution in [3.8, 4) is 0 Å². The van der Waals surface area contributed by atoms with E-state index in [1.807, 2.05) is 13.8 Å². The van der Waals surface area contributed by atoms with Crippen molar-refractivity contribution in [2.75, 3.05) is 18.4 Å². The highest BCUT2D eigenvalue weighted by molar-refractivity contribution is 5.93. The van der Waals surface area contributed by atoms with Crippen LogP contribution in [0.5, 0.6) is 0 Å². The molecule has 0 bridgehead atoms. The molecule has 21 heavy (non-hydrogen) atoms. The van der Waals surface area contributed by atoms with Crippen LogP contribution in [0.25, 0.3) is 0 Å². The molecular weight excluding hydrogens is 270 g/mol. The van der Waals surface area contributed by atoms with Gasteiger partial charge in [-0.2, -0.15) is 0 Å². The van der Waals surface area contributed by atoms with Crippen molar-refractivity contribution in [3.63, 3.8) is 0 Å². The van der Waals surface area contributed by atoms with Crippen molar-refractivity contribution < 1.29 is 14.1 Å². The van der Waals surface area contributed by atoms with Crippen LogP contribution in [-0.4, -0.2) is 35.0 Å². The topological polar surface area (TPSA) is 75.4 Å². The van der Waals surface area contributed by atoms with E-state index in [0.29, 0.717) is 24.5 Å². The number of hydrogen-bond acceptors (Lipinski definition) is 4. The first-order valence-electron chi connectivity index (χ1n) is 7.43. The first-order valence-corrected chi connectivity index (χ1v) is 7.43. The minimum absolute atomic E-state index is 0.0185. The van der Waals surface area contributed by atoms with Crippen LogP contribution in [0, 0.1) is 12.8 Å². The van der Waals surface area contributed by atoms with E-state index in [1.54, 1.807) is 17.9 Å². The van der Waals surface area contributed by atoms with Gasteiger partial charge in [0.05, 0.1) is 6.54 Å². The normalized spacial score (nSPS) is 10.7. The fourth-order valence-electron chi connectivity index (χ4n) is 1.90. The summed E-state index contributed by atoms with van der Waals surface area (Å²) in [6.07, 6.45) is 2.33. The molecule has 1 aromatic rings. The lowest BCUT2D eigenvalue weighted by molar-refractivity contribution is -0.135. The standard InChI is InChI=1S/C15H25N3O3/c1-5-6-7-18(15(20)8-11(2)3)10-14(19)16-13-9-12(4)21-17-13/h9,11H,5-8,10H2,1-4H3,(H,16,17,19). The lowest BCUT2D eigenvalue weighted by Gasteiger charge is -2.22. The Morgan fingerprint density at radius 3 is 2.67 bits per heavy atom. The number of aryl methyl sites for hydroxylation is 1. The predicted molar refractivity (Wildman–Crippen MR) is 80.8 cm³/mol. The summed E-state index contributed by atoms with van der Waals surface area (Å²) in [5.41, 5.74) is 0. The third-order valence-corrected chi connectivity index (χ3v) is 2.95. The highest BCUT2D eigenvalue weighted by Crippen LogP contribution is 2.09. The highest BCUT2D eigenvalue weighted by Gasteiger charge is 2.18. The minimum atomic E-state index is -0.253. The molecule has 1 heterocycles. The Morgan fingerprint density at radius 1 is 1.43 bits per heavy atom. The molecular formula is C15H25N3O3. The van der Waals surface area contributed by atoms with Crippen LogP contribution in [0.2, 0.25) is 0 Å². The number of anilines is 1. The molecule has 6 heteroatoms. The van der Waals surface area contributed by atoms with Gasteiger partial charge in [-0.3, -0.25) is 9.59 Å². The first-order chi connectivity index (χ1) is 9.92. The maximum Gasteiger partial charge on any atom is 0.245 e. The fraction of sp³-hybridized carbons (Fsp3) is 0.667. The van der Waals surface area contributed by atoms with E-state index in [4.69, 9.17) is 4.52 Å². The van der Waals surface area contributed by atoms with Crippen LogP contribution in [0.3, 0.4) is 0 Å². The van der Waals surface area contributed by atoms with Gasteiger partial charge in [0, 0.05) is 19.0 Å². The van der Waals surface area contributed by atoms with E-state index in [-0.39, 0.29) is 24.3 Å². The van der Waals surface area contributed by atoms with E-state index < -0.39 is 0 Å². The first kappa shape index (κ1) is 17.2. The molecule has 1 rings (SSSR count). The van der Waals surface area contributed by atoms with Crippen molar-refractivity contribution in [1.82, 2.24) is 10.1 Å². The van der Waals surface area contributed by atoms with Crippen molar-refractivity contribution in [3.05, 3.63) is 11.8 Å². The molecule has 0 unspecified atom stereocenters. The maximum absolute atomic E-state index is 12.2. The molecule has 0 aliphatic heterocycles. The van der Waals surface area contributed by atoms with Crippen molar-refractivity contribution >= 4 is 17.6 Å². The number of carbonyl (C=O) groups excluding carboxylic acids is 2. The summed E-state index contributed by atoms with van der Waals surface area (Å²) in [7, 11) is 0. The van der Waals surface area contributed by atoms with Gasteiger partial charge in [0.1, 0.15) is 5.76 Å². The van der Waals surface area contributed by atoms with Crippen LogP contribution >= 0.6 is 0 Å². The maximum atomic E-state index is 12.2. The Balaban J connectivity index is 2.57. The Morgan fingerprint density at radius 2 is 2.14 bits per heavy atom. The van der Waals surface area contributed by atoms with Crippen LogP contribution < -0.4 is 5.32 Å². The third kappa shape index (κ3) is 6.42. The predicted octanol–water partition coefficient (Wildman–Crippen LogP) is 2.60. The number of hydrogen-bond donors (Lipinski definition) is 1. The zero-order chi connectivity index (χ0) is 15.8. The van der Waals surface area contributed by atoms with Gasteiger partial charge in [-0.05, 0) is 19.3 Å². The van der Waals surface area contributed by atoms with Gasteiger partial charge in [-0.15, -0.1) is 0 Å². The second-order valence-electron chi connectivity index (χ2n) is 5.64. The summed E-state index contributed by atoms with van der Waals surface area (Å²) in [6, 6.07) is 1.64. The van der Waals surface area contributed by atoms with Crippen molar-refractivity contribution in [1.29, 1.82) is 0 Å². The second-order valence-corrected chi connectivity index (χ2v) is 5.64. The van der Waals surface area contributed by atoms with E-state index in [1.165, 1.54) is 0 Å². The molecule has 0 aliphatic carbocycles. The largest absolute Gasteiger partial charge is 0.360 e. The Hall–Kier alpha value is -1.85. The number of rotatable bonds is 8. The molecule has 0 spiro atoms. The second kappa shape index (κ2) is 8.44. The van der Waals surface area contributed by atoms with E-state index in [0.717, 1.165) is 12.8 Å². The van der Waals surface area contributed by atoms with Gasteiger partial charge in [0.15, 0.2) is 5.82 Å². The molecule has 0 saturated heterocycles. The number of carbonyl (C=O) groups is 2. The van der Waals surface area contributed by atoms with E-state index in [9.17, 15) is 9.59 Å². The minimum Gasteiger partial charge on any atom is -0.360 e. The smallest absolute Gasteiger partial charge is 0.245 e. The van der Waals surface area contributed by atoms with Crippen molar-refractivity contribution in [2.45, 2.75) is 47.0 Å². The number of nitrogens with one attached hydrogen (secondary N) is 1. The Kier molecular flexibility index (Phi) is 6.91. The van der Waals surface area contributed by atoms with Crippen LogP contribution in [0.4, 0.5) is 5.82 Å². The van der Waals surface area contributed by atoms with Gasteiger partial charge in [0.2, 0.25) is 11.8 Å². The molecule has 118 valence electrons. The summed E-state index contributed by atoms with van der Waals surface area (Å²) in [5.74, 6) is 1.05. The molecule has 0 atom stereocenters. The fourth-order valence-corrected chi connectivity index (χ4v) is 1.90. The average molecular weight is 295 g/mol. The molecule has 0 fully saturated rings. The summed E-state index contributed by atoms with van der Waals surface area (Å²) in [6.45, 7) is 8.46. The van der Waals surface area contributed by atoms with E-state index in [2.05, 4.69) is 17.4 Å². The monoisotopic (exact) mass is 295 g/mol. The zero-order valence-electron chi connectivity index (χ0n) is 13.3. The lowest BCUT2D eigenvalue weighted by Crippen LogP contribution is -2.39. The summed E-state index contributed by atoms with van der Waals surface area (Å²) in [5, 5.41) is 6.35. The molecule has 1 N–H and O–H groups in total. The summed E-state index contributed by atoms with van der Waals surface area (Å²) in [4.78, 5) is 25.8. The number of aromatic nitrogens is 1. The van der Waals surface area contributed by atoms with Gasteiger partial charge in [0.25, 0.3) is 0 Å². The quantitative estimate of drug-likeness (QED) is 0.800. The van der Waals surface area contributed by atoms with Crippen LogP contribution in [-0.2, 0) is 9.59 Å².